The Morgan fingerprint density at radius 1 is 1.02 bits per heavy atom. The molecule has 0 fully saturated rings. The van der Waals surface area contributed by atoms with Crippen molar-refractivity contribution in [3.05, 3.63) is 83.1 Å². The van der Waals surface area contributed by atoms with Crippen molar-refractivity contribution in [2.45, 2.75) is 65.5 Å². The number of nitrogens with zero attached hydrogens (tertiary/aromatic N) is 1. The molecule has 0 saturated carbocycles. The number of carboxylic acids is 1. The fourth-order valence-electron chi connectivity index (χ4n) is 4.73. The summed E-state index contributed by atoms with van der Waals surface area (Å²) >= 11 is 0. The highest BCUT2D eigenvalue weighted by atomic mass is 16.7. The number of carbonyl (C=O) groups excluding carboxylic acids is 3. The van der Waals surface area contributed by atoms with Gasteiger partial charge in [0, 0.05) is 5.56 Å². The van der Waals surface area contributed by atoms with Gasteiger partial charge in [0.15, 0.2) is 5.76 Å². The molecule has 0 aliphatic heterocycles. The second-order valence-corrected chi connectivity index (χ2v) is 10.0. The van der Waals surface area contributed by atoms with E-state index in [9.17, 15) is 24.3 Å². The Balaban J connectivity index is 1.62. The van der Waals surface area contributed by atoms with Gasteiger partial charge in [0.25, 0.3) is 5.91 Å². The molecule has 0 aliphatic carbocycles. The first-order valence-corrected chi connectivity index (χ1v) is 14.2. The van der Waals surface area contributed by atoms with E-state index in [1.54, 1.807) is 25.1 Å². The lowest BCUT2D eigenvalue weighted by molar-refractivity contribution is -0.200. The molecule has 3 N–H and O–H groups in total. The van der Waals surface area contributed by atoms with Gasteiger partial charge in [-0.2, -0.15) is 0 Å². The van der Waals surface area contributed by atoms with Gasteiger partial charge < -0.3 is 20.2 Å². The Bertz CT molecular complexity index is 1340. The summed E-state index contributed by atoms with van der Waals surface area (Å²) in [6.07, 6.45) is 4.40. The third kappa shape index (κ3) is 8.78. The molecule has 0 bridgehead atoms. The van der Waals surface area contributed by atoms with Crippen LogP contribution in [0.3, 0.4) is 0 Å². The maximum Gasteiger partial charge on any atom is 0.335 e. The average molecular weight is 578 g/mol. The molecule has 0 radical (unpaired) electrons. The molecule has 3 rings (SSSR count). The summed E-state index contributed by atoms with van der Waals surface area (Å²) in [6.45, 7) is 5.73. The standard InChI is InChI=1S/C32H39N3O7/c1-4-6-8-13-25(27(5-2)35(21-36)41-19-23-11-9-7-10-12-23)30(37)33-20-34-31(38)29-17-16-28(42-29)24-15-14-22(3)26(18-24)32(39)40/h7,9-12,14-18,21,25,27H,4-6,8,13,19-20H2,1-3H3,(H,33,37)(H,34,38)(H,39,40). The number of carbonyl (C=O) groups is 4. The summed E-state index contributed by atoms with van der Waals surface area (Å²) in [5.41, 5.74) is 2.19. The number of carboxylic acid groups (broad SMARTS) is 1. The lowest BCUT2D eigenvalue weighted by Crippen LogP contribution is -2.48. The molecule has 0 saturated heterocycles. The summed E-state index contributed by atoms with van der Waals surface area (Å²) in [7, 11) is 0. The molecule has 0 spiro atoms. The number of unbranched alkanes of at least 4 members (excludes halogenated alkanes) is 2. The molecule has 2 aromatic carbocycles. The Morgan fingerprint density at radius 2 is 1.79 bits per heavy atom. The van der Waals surface area contributed by atoms with Gasteiger partial charge in [0.1, 0.15) is 12.4 Å². The summed E-state index contributed by atoms with van der Waals surface area (Å²) in [4.78, 5) is 55.3. The van der Waals surface area contributed by atoms with E-state index < -0.39 is 23.8 Å². The number of hydrogen-bond donors (Lipinski definition) is 3. The van der Waals surface area contributed by atoms with Gasteiger partial charge in [-0.25, -0.2) is 9.86 Å². The quantitative estimate of drug-likeness (QED) is 0.0854. The molecule has 2 unspecified atom stereocenters. The second kappa shape index (κ2) is 16.1. The Labute approximate surface area is 246 Å². The van der Waals surface area contributed by atoms with Crippen LogP contribution < -0.4 is 10.6 Å². The van der Waals surface area contributed by atoms with Crippen molar-refractivity contribution < 1.29 is 33.5 Å². The smallest absolute Gasteiger partial charge is 0.335 e. The van der Waals surface area contributed by atoms with Crippen LogP contribution in [0.2, 0.25) is 0 Å². The van der Waals surface area contributed by atoms with Gasteiger partial charge >= 0.3 is 5.97 Å². The van der Waals surface area contributed by atoms with Crippen LogP contribution in [0.5, 0.6) is 0 Å². The summed E-state index contributed by atoms with van der Waals surface area (Å²) in [5, 5.41) is 16.0. The molecular weight excluding hydrogens is 538 g/mol. The third-order valence-electron chi connectivity index (χ3n) is 7.09. The highest BCUT2D eigenvalue weighted by Crippen LogP contribution is 2.25. The maximum absolute atomic E-state index is 13.3. The van der Waals surface area contributed by atoms with E-state index >= 15 is 0 Å². The summed E-state index contributed by atoms with van der Waals surface area (Å²) < 4.78 is 5.66. The Morgan fingerprint density at radius 3 is 2.45 bits per heavy atom. The molecule has 224 valence electrons. The molecule has 1 heterocycles. The van der Waals surface area contributed by atoms with Crippen molar-refractivity contribution in [2.24, 2.45) is 5.92 Å². The van der Waals surface area contributed by atoms with E-state index in [1.165, 1.54) is 17.2 Å². The largest absolute Gasteiger partial charge is 0.478 e. The number of amides is 3. The fourth-order valence-corrected chi connectivity index (χ4v) is 4.73. The zero-order valence-corrected chi connectivity index (χ0v) is 24.3. The van der Waals surface area contributed by atoms with Crippen LogP contribution in [0.25, 0.3) is 11.3 Å². The third-order valence-corrected chi connectivity index (χ3v) is 7.09. The number of aryl methyl sites for hydroxylation is 1. The lowest BCUT2D eigenvalue weighted by Gasteiger charge is -2.32. The van der Waals surface area contributed by atoms with E-state index in [0.29, 0.717) is 36.1 Å². The number of rotatable bonds is 17. The predicted octanol–water partition coefficient (Wildman–Crippen LogP) is 5.32. The number of furan rings is 1. The van der Waals surface area contributed by atoms with E-state index in [1.807, 2.05) is 37.3 Å². The molecule has 3 amide bonds. The Kier molecular flexibility index (Phi) is 12.3. The van der Waals surface area contributed by atoms with Gasteiger partial charge in [-0.1, -0.05) is 75.6 Å². The molecular formula is C32H39N3O7. The molecule has 2 atom stereocenters. The summed E-state index contributed by atoms with van der Waals surface area (Å²) in [6, 6.07) is 16.9. The fraction of sp³-hybridized carbons (Fsp3) is 0.375. The van der Waals surface area contributed by atoms with E-state index in [-0.39, 0.29) is 30.5 Å². The molecule has 42 heavy (non-hydrogen) atoms. The first-order valence-electron chi connectivity index (χ1n) is 14.2. The summed E-state index contributed by atoms with van der Waals surface area (Å²) in [5.74, 6) is -2.06. The second-order valence-electron chi connectivity index (χ2n) is 10.0. The first kappa shape index (κ1) is 32.1. The van der Waals surface area contributed by atoms with Crippen LogP contribution in [-0.4, -0.2) is 47.1 Å². The minimum atomic E-state index is -1.05. The van der Waals surface area contributed by atoms with Crippen LogP contribution >= 0.6 is 0 Å². The normalized spacial score (nSPS) is 12.3. The van der Waals surface area contributed by atoms with Gasteiger partial charge in [0.05, 0.1) is 24.2 Å². The van der Waals surface area contributed by atoms with Crippen molar-refractivity contribution in [1.82, 2.24) is 15.7 Å². The topological polar surface area (TPSA) is 138 Å². The van der Waals surface area contributed by atoms with E-state index in [2.05, 4.69) is 17.6 Å². The van der Waals surface area contributed by atoms with Crippen LogP contribution in [0.4, 0.5) is 0 Å². The van der Waals surface area contributed by atoms with Crippen LogP contribution in [0.15, 0.2) is 65.1 Å². The SMILES string of the molecule is CCCCCC(C(=O)NCNC(=O)c1ccc(-c2ccc(C)c(C(=O)O)c2)o1)C(CC)N(C=O)OCc1ccccc1. The number of aromatic carboxylic acids is 1. The monoisotopic (exact) mass is 577 g/mol. The van der Waals surface area contributed by atoms with Crippen molar-refractivity contribution >= 4 is 24.2 Å². The lowest BCUT2D eigenvalue weighted by atomic mass is 9.90. The minimum absolute atomic E-state index is 0.0177. The van der Waals surface area contributed by atoms with E-state index in [4.69, 9.17) is 9.25 Å². The average Bonchev–Trinajstić information content (AvgIpc) is 3.49. The zero-order valence-electron chi connectivity index (χ0n) is 24.3. The van der Waals surface area contributed by atoms with Gasteiger partial charge in [-0.15, -0.1) is 0 Å². The van der Waals surface area contributed by atoms with E-state index in [0.717, 1.165) is 24.8 Å². The molecule has 0 aliphatic rings. The maximum atomic E-state index is 13.3. The van der Waals surface area contributed by atoms with Gasteiger partial charge in [0.2, 0.25) is 12.3 Å². The predicted molar refractivity (Wildman–Crippen MR) is 157 cm³/mol. The number of nitrogens with one attached hydrogen (secondary N) is 2. The van der Waals surface area contributed by atoms with Crippen molar-refractivity contribution in [2.75, 3.05) is 6.67 Å². The van der Waals surface area contributed by atoms with Gasteiger partial charge in [-0.3, -0.25) is 19.2 Å². The molecule has 1 aromatic heterocycles. The van der Waals surface area contributed by atoms with Gasteiger partial charge in [-0.05, 0) is 49.1 Å². The van der Waals surface area contributed by atoms with Crippen molar-refractivity contribution in [1.29, 1.82) is 0 Å². The van der Waals surface area contributed by atoms with Crippen molar-refractivity contribution in [3.63, 3.8) is 0 Å². The van der Waals surface area contributed by atoms with Crippen molar-refractivity contribution in [3.8, 4) is 11.3 Å². The Hall–Kier alpha value is -4.44. The van der Waals surface area contributed by atoms with Crippen LogP contribution in [0.1, 0.15) is 78.0 Å². The minimum Gasteiger partial charge on any atom is -0.478 e. The van der Waals surface area contributed by atoms with Crippen LogP contribution in [0, 0.1) is 12.8 Å². The molecule has 10 heteroatoms. The number of hydrogen-bond acceptors (Lipinski definition) is 6. The molecule has 10 nitrogen and oxygen atoms in total. The zero-order chi connectivity index (χ0) is 30.5. The van der Waals surface area contributed by atoms with Crippen LogP contribution in [-0.2, 0) is 21.0 Å². The first-order chi connectivity index (χ1) is 20.3. The molecule has 3 aromatic rings. The highest BCUT2D eigenvalue weighted by Gasteiger charge is 2.32. The number of hydroxylamine groups is 2. The highest BCUT2D eigenvalue weighted by molar-refractivity contribution is 5.93. The number of benzene rings is 2.